The number of rotatable bonds is 6. The zero-order chi connectivity index (χ0) is 20.1. The maximum absolute atomic E-state index is 12.4. The van der Waals surface area contributed by atoms with E-state index in [0.717, 1.165) is 28.4 Å². The quantitative estimate of drug-likeness (QED) is 0.524. The first-order chi connectivity index (χ1) is 13.5. The van der Waals surface area contributed by atoms with Crippen molar-refractivity contribution in [2.24, 2.45) is 5.10 Å². The summed E-state index contributed by atoms with van der Waals surface area (Å²) >= 11 is 0. The predicted molar refractivity (Wildman–Crippen MR) is 110 cm³/mol. The minimum absolute atomic E-state index is 0.327. The van der Waals surface area contributed by atoms with Gasteiger partial charge in [0, 0.05) is 11.4 Å². The van der Waals surface area contributed by atoms with Gasteiger partial charge < -0.3 is 14.0 Å². The average Bonchev–Trinajstić information content (AvgIpc) is 3.08. The number of amides is 1. The van der Waals surface area contributed by atoms with E-state index in [4.69, 9.17) is 9.47 Å². The number of benzene rings is 2. The van der Waals surface area contributed by atoms with Gasteiger partial charge in [-0.25, -0.2) is 5.43 Å². The molecular weight excluding hydrogens is 354 g/mol. The molecule has 144 valence electrons. The fourth-order valence-electron chi connectivity index (χ4n) is 2.95. The topological polar surface area (TPSA) is 64.8 Å². The lowest BCUT2D eigenvalue weighted by atomic mass is 10.1. The van der Waals surface area contributed by atoms with Crippen LogP contribution in [0.2, 0.25) is 0 Å². The third-order valence-corrected chi connectivity index (χ3v) is 4.40. The Morgan fingerprint density at radius 3 is 2.43 bits per heavy atom. The van der Waals surface area contributed by atoms with E-state index >= 15 is 0 Å². The summed E-state index contributed by atoms with van der Waals surface area (Å²) in [6.07, 6.45) is 1.62. The SMILES string of the molecule is COc1ccc(-n2c(C)ccc2/C=N/NC(=O)c2ccc(C)cc2OC)cc1. The monoisotopic (exact) mass is 377 g/mol. The summed E-state index contributed by atoms with van der Waals surface area (Å²) in [6, 6.07) is 17.1. The Morgan fingerprint density at radius 2 is 1.75 bits per heavy atom. The van der Waals surface area contributed by atoms with Crippen molar-refractivity contribution in [1.82, 2.24) is 9.99 Å². The lowest BCUT2D eigenvalue weighted by Crippen LogP contribution is -2.18. The minimum Gasteiger partial charge on any atom is -0.497 e. The zero-order valence-corrected chi connectivity index (χ0v) is 16.4. The average molecular weight is 377 g/mol. The molecule has 28 heavy (non-hydrogen) atoms. The molecule has 1 aromatic heterocycles. The van der Waals surface area contributed by atoms with Gasteiger partial charge in [-0.1, -0.05) is 6.07 Å². The molecule has 0 aliphatic rings. The number of aromatic nitrogens is 1. The van der Waals surface area contributed by atoms with E-state index in [1.165, 1.54) is 0 Å². The van der Waals surface area contributed by atoms with E-state index in [2.05, 4.69) is 10.5 Å². The third-order valence-electron chi connectivity index (χ3n) is 4.40. The first-order valence-corrected chi connectivity index (χ1v) is 8.84. The van der Waals surface area contributed by atoms with Crippen LogP contribution in [0.25, 0.3) is 5.69 Å². The summed E-state index contributed by atoms with van der Waals surface area (Å²) in [5.74, 6) is 0.987. The first-order valence-electron chi connectivity index (χ1n) is 8.84. The van der Waals surface area contributed by atoms with Gasteiger partial charge in [0.25, 0.3) is 5.91 Å². The highest BCUT2D eigenvalue weighted by molar-refractivity contribution is 5.97. The van der Waals surface area contributed by atoms with Crippen LogP contribution in [-0.2, 0) is 0 Å². The Labute approximate surface area is 164 Å². The van der Waals surface area contributed by atoms with E-state index in [1.54, 1.807) is 26.5 Å². The van der Waals surface area contributed by atoms with Gasteiger partial charge in [-0.2, -0.15) is 5.10 Å². The van der Waals surface area contributed by atoms with Crippen LogP contribution >= 0.6 is 0 Å². The summed E-state index contributed by atoms with van der Waals surface area (Å²) in [6.45, 7) is 3.95. The summed E-state index contributed by atoms with van der Waals surface area (Å²) in [4.78, 5) is 12.4. The molecule has 3 rings (SSSR count). The van der Waals surface area contributed by atoms with Crippen molar-refractivity contribution in [3.8, 4) is 17.2 Å². The third kappa shape index (κ3) is 4.06. The minimum atomic E-state index is -0.327. The maximum Gasteiger partial charge on any atom is 0.275 e. The van der Waals surface area contributed by atoms with Gasteiger partial charge in [-0.3, -0.25) is 4.79 Å². The molecule has 0 atom stereocenters. The Kier molecular flexibility index (Phi) is 5.79. The lowest BCUT2D eigenvalue weighted by molar-refractivity contribution is 0.0952. The van der Waals surface area contributed by atoms with Gasteiger partial charge in [-0.05, 0) is 67.9 Å². The Hall–Kier alpha value is -3.54. The summed E-state index contributed by atoms with van der Waals surface area (Å²) in [5.41, 5.74) is 6.90. The van der Waals surface area contributed by atoms with Crippen molar-refractivity contribution in [3.63, 3.8) is 0 Å². The summed E-state index contributed by atoms with van der Waals surface area (Å²) < 4.78 is 12.5. The number of aryl methyl sites for hydroxylation is 2. The molecule has 0 bridgehead atoms. The Bertz CT molecular complexity index is 1000. The summed E-state index contributed by atoms with van der Waals surface area (Å²) in [5, 5.41) is 4.12. The molecule has 0 aliphatic carbocycles. The van der Waals surface area contributed by atoms with Crippen molar-refractivity contribution in [2.45, 2.75) is 13.8 Å². The first kappa shape index (κ1) is 19.2. The fraction of sp³-hybridized carbons (Fsp3) is 0.182. The molecule has 1 amide bonds. The van der Waals surface area contributed by atoms with Crippen molar-refractivity contribution in [3.05, 3.63) is 77.1 Å². The molecule has 6 heteroatoms. The smallest absolute Gasteiger partial charge is 0.275 e. The Morgan fingerprint density at radius 1 is 1.00 bits per heavy atom. The van der Waals surface area contributed by atoms with Gasteiger partial charge in [0.05, 0.1) is 31.7 Å². The number of methoxy groups -OCH3 is 2. The molecule has 0 spiro atoms. The molecule has 6 nitrogen and oxygen atoms in total. The zero-order valence-electron chi connectivity index (χ0n) is 16.4. The number of carbonyl (C=O) groups excluding carboxylic acids is 1. The van der Waals surface area contributed by atoms with Crippen LogP contribution in [-0.4, -0.2) is 30.9 Å². The molecule has 0 fully saturated rings. The number of hydrogen-bond donors (Lipinski definition) is 1. The van der Waals surface area contributed by atoms with Gasteiger partial charge >= 0.3 is 0 Å². The fourth-order valence-corrected chi connectivity index (χ4v) is 2.95. The molecule has 0 aliphatic heterocycles. The second kappa shape index (κ2) is 8.43. The van der Waals surface area contributed by atoms with Crippen molar-refractivity contribution in [1.29, 1.82) is 0 Å². The molecule has 1 N–H and O–H groups in total. The van der Waals surface area contributed by atoms with Crippen molar-refractivity contribution < 1.29 is 14.3 Å². The number of carbonyl (C=O) groups is 1. The van der Waals surface area contributed by atoms with Crippen molar-refractivity contribution in [2.75, 3.05) is 14.2 Å². The molecule has 1 heterocycles. The second-order valence-electron chi connectivity index (χ2n) is 6.34. The number of hydrogen-bond acceptors (Lipinski definition) is 4. The van der Waals surface area contributed by atoms with E-state index < -0.39 is 0 Å². The molecule has 0 unspecified atom stereocenters. The summed E-state index contributed by atoms with van der Waals surface area (Å²) in [7, 11) is 3.18. The molecule has 0 saturated carbocycles. The van der Waals surface area contributed by atoms with Crippen LogP contribution in [0.5, 0.6) is 11.5 Å². The molecule has 2 aromatic carbocycles. The Balaban J connectivity index is 1.79. The van der Waals surface area contributed by atoms with E-state index in [-0.39, 0.29) is 5.91 Å². The van der Waals surface area contributed by atoms with Crippen LogP contribution in [0.15, 0.2) is 59.7 Å². The van der Waals surface area contributed by atoms with Crippen LogP contribution in [0.1, 0.15) is 27.3 Å². The molecule has 3 aromatic rings. The highest BCUT2D eigenvalue weighted by Gasteiger charge is 2.12. The highest BCUT2D eigenvalue weighted by Crippen LogP contribution is 2.20. The molecular formula is C22H23N3O3. The van der Waals surface area contributed by atoms with E-state index in [9.17, 15) is 4.79 Å². The normalized spacial score (nSPS) is 10.9. The second-order valence-corrected chi connectivity index (χ2v) is 6.34. The van der Waals surface area contributed by atoms with Gasteiger partial charge in [0.1, 0.15) is 11.5 Å². The molecule has 0 saturated heterocycles. The predicted octanol–water partition coefficient (Wildman–Crippen LogP) is 3.88. The number of nitrogens with zero attached hydrogens (tertiary/aromatic N) is 2. The maximum atomic E-state index is 12.4. The standard InChI is InChI=1S/C22H23N3O3/c1-15-5-12-20(21(13-15)28-4)22(26)24-23-14-18-7-6-16(2)25(18)17-8-10-19(27-3)11-9-17/h5-14H,1-4H3,(H,24,26)/b23-14+. The van der Waals surface area contributed by atoms with Gasteiger partial charge in [0.15, 0.2) is 0 Å². The number of ether oxygens (including phenoxy) is 2. The van der Waals surface area contributed by atoms with Crippen LogP contribution in [0.3, 0.4) is 0 Å². The number of nitrogens with one attached hydrogen (secondary N) is 1. The van der Waals surface area contributed by atoms with Crippen LogP contribution < -0.4 is 14.9 Å². The highest BCUT2D eigenvalue weighted by atomic mass is 16.5. The van der Waals surface area contributed by atoms with E-state index in [0.29, 0.717) is 11.3 Å². The van der Waals surface area contributed by atoms with Crippen LogP contribution in [0.4, 0.5) is 0 Å². The lowest BCUT2D eigenvalue weighted by Gasteiger charge is -2.10. The van der Waals surface area contributed by atoms with Crippen LogP contribution in [0, 0.1) is 13.8 Å². The van der Waals surface area contributed by atoms with Crippen molar-refractivity contribution >= 4 is 12.1 Å². The number of hydrazone groups is 1. The largest absolute Gasteiger partial charge is 0.497 e. The van der Waals surface area contributed by atoms with Gasteiger partial charge in [0.2, 0.25) is 0 Å². The van der Waals surface area contributed by atoms with Gasteiger partial charge in [-0.15, -0.1) is 0 Å². The molecule has 0 radical (unpaired) electrons. The van der Waals surface area contributed by atoms with E-state index in [1.807, 2.05) is 66.9 Å².